The molecule has 2 N–H and O–H groups in total. The summed E-state index contributed by atoms with van der Waals surface area (Å²) < 4.78 is 9.78. The molecule has 1 atom stereocenters. The van der Waals surface area contributed by atoms with Crippen LogP contribution in [0.3, 0.4) is 0 Å². The number of nitrogens with zero attached hydrogens (tertiary/aromatic N) is 6. The van der Waals surface area contributed by atoms with Crippen molar-refractivity contribution in [2.75, 3.05) is 26.2 Å². The van der Waals surface area contributed by atoms with E-state index in [9.17, 15) is 14.4 Å². The number of aromatic nitrogens is 5. The Bertz CT molecular complexity index is 1880. The summed E-state index contributed by atoms with van der Waals surface area (Å²) in [6.45, 7) is 5.56. The Morgan fingerprint density at radius 1 is 1.00 bits per heavy atom. The van der Waals surface area contributed by atoms with Crippen LogP contribution in [0.4, 0.5) is 0 Å². The number of carbonyl (C=O) groups excluding carboxylic acids is 3. The molecule has 248 valence electrons. The molecule has 0 unspecified atom stereocenters. The molecule has 0 saturated carbocycles. The fourth-order valence-corrected chi connectivity index (χ4v) is 5.90. The van der Waals surface area contributed by atoms with Crippen molar-refractivity contribution in [3.05, 3.63) is 96.6 Å². The topological polar surface area (TPSA) is 136 Å². The molecule has 0 radical (unpaired) electrons. The average Bonchev–Trinajstić information content (AvgIpc) is 3.70. The van der Waals surface area contributed by atoms with Crippen LogP contribution in [0.2, 0.25) is 0 Å². The second-order valence-corrected chi connectivity index (χ2v) is 12.3. The second kappa shape index (κ2) is 14.9. The van der Waals surface area contributed by atoms with Crippen LogP contribution >= 0.6 is 0 Å². The van der Waals surface area contributed by atoms with Gasteiger partial charge in [0, 0.05) is 43.8 Å². The van der Waals surface area contributed by atoms with Gasteiger partial charge in [-0.1, -0.05) is 56.3 Å². The third-order valence-electron chi connectivity index (χ3n) is 8.17. The number of pyridine rings is 1. The summed E-state index contributed by atoms with van der Waals surface area (Å²) in [5.41, 5.74) is 2.69. The first-order valence-corrected chi connectivity index (χ1v) is 16.3. The van der Waals surface area contributed by atoms with Gasteiger partial charge in [-0.05, 0) is 48.6 Å². The maximum Gasteiger partial charge on any atom is 0.275 e. The molecular formula is C36H40N8O4. The molecule has 12 nitrogen and oxygen atoms in total. The van der Waals surface area contributed by atoms with Crippen molar-refractivity contribution >= 4 is 28.8 Å². The minimum absolute atomic E-state index is 0.147. The van der Waals surface area contributed by atoms with Crippen LogP contribution in [-0.4, -0.2) is 79.2 Å². The Morgan fingerprint density at radius 2 is 1.85 bits per heavy atom. The Labute approximate surface area is 279 Å². The number of benzene rings is 2. The van der Waals surface area contributed by atoms with E-state index in [1.54, 1.807) is 23.1 Å². The fourth-order valence-electron chi connectivity index (χ4n) is 5.90. The van der Waals surface area contributed by atoms with Gasteiger partial charge in [-0.3, -0.25) is 14.4 Å². The summed E-state index contributed by atoms with van der Waals surface area (Å²) in [4.78, 5) is 51.6. The Hall–Kier alpha value is -5.52. The third kappa shape index (κ3) is 7.71. The van der Waals surface area contributed by atoms with E-state index < -0.39 is 17.9 Å². The molecular weight excluding hydrogens is 608 g/mol. The van der Waals surface area contributed by atoms with Crippen molar-refractivity contribution < 1.29 is 19.1 Å². The smallest absolute Gasteiger partial charge is 0.275 e. The van der Waals surface area contributed by atoms with Crippen molar-refractivity contribution in [3.63, 3.8) is 0 Å². The van der Waals surface area contributed by atoms with Gasteiger partial charge in [0.05, 0.1) is 25.1 Å². The van der Waals surface area contributed by atoms with E-state index in [4.69, 9.17) is 9.84 Å². The van der Waals surface area contributed by atoms with Gasteiger partial charge >= 0.3 is 0 Å². The van der Waals surface area contributed by atoms with Crippen molar-refractivity contribution in [3.8, 4) is 17.1 Å². The highest BCUT2D eigenvalue weighted by Gasteiger charge is 2.28. The van der Waals surface area contributed by atoms with E-state index in [1.165, 1.54) is 4.90 Å². The fraction of sp³-hybridized carbons (Fsp3) is 0.333. The lowest BCUT2D eigenvalue weighted by Crippen LogP contribution is -2.51. The minimum atomic E-state index is -0.759. The summed E-state index contributed by atoms with van der Waals surface area (Å²) in [7, 11) is 0. The predicted octanol–water partition coefficient (Wildman–Crippen LogP) is 3.92. The zero-order valence-electron chi connectivity index (χ0n) is 27.2. The number of hydrogen-bond acceptors (Lipinski definition) is 7. The van der Waals surface area contributed by atoms with Crippen LogP contribution in [0.25, 0.3) is 22.4 Å². The molecule has 0 spiro atoms. The number of ether oxygens (including phenoxy) is 1. The normalized spacial score (nSPS) is 16.4. The van der Waals surface area contributed by atoms with E-state index >= 15 is 0 Å². The monoisotopic (exact) mass is 648 g/mol. The summed E-state index contributed by atoms with van der Waals surface area (Å²) in [6.07, 6.45) is 6.17. The number of nitrogens with one attached hydrogen (secondary N) is 2. The number of hydrogen-bond donors (Lipinski definition) is 2. The molecule has 2 aromatic carbocycles. The van der Waals surface area contributed by atoms with Crippen molar-refractivity contribution in [1.29, 1.82) is 0 Å². The molecule has 0 saturated heterocycles. The first kappa shape index (κ1) is 32.4. The standard InChI is InChI=1S/C36H40N8O4/c1-25(2)21-30-35(46)39-16-19-42-18-15-38-33(42)27-11-6-12-28(22-27)48-20-8-17-43(24-31(45)40-30)36(47)32-29-13-7-14-37-34(29)44(41-32)23-26-9-4-3-5-10-26/h3-7,9-15,18,22,25,30H,8,16-17,19-21,23-24H2,1-2H3,(H,39,46)(H,40,45)/t30-/m1/s1. The Balaban J connectivity index is 1.29. The highest BCUT2D eigenvalue weighted by atomic mass is 16.5. The SMILES string of the molecule is CC(C)C[C@H]1NC(=O)CN(C(=O)c2nn(Cc3ccccc3)c3ncccc23)CCCOc2cccc(c2)-c2nccn2CCNC1=O. The van der Waals surface area contributed by atoms with E-state index in [0.717, 1.165) is 17.0 Å². The molecule has 4 heterocycles. The molecule has 5 aromatic rings. The lowest BCUT2D eigenvalue weighted by molar-refractivity contribution is -0.129. The first-order valence-electron chi connectivity index (χ1n) is 16.3. The highest BCUT2D eigenvalue weighted by Crippen LogP contribution is 2.24. The molecule has 0 fully saturated rings. The van der Waals surface area contributed by atoms with Crippen LogP contribution in [0.15, 0.2) is 85.3 Å². The molecule has 3 amide bonds. The summed E-state index contributed by atoms with van der Waals surface area (Å²) in [6, 6.07) is 20.3. The van der Waals surface area contributed by atoms with Crippen molar-refractivity contribution in [2.24, 2.45) is 5.92 Å². The van der Waals surface area contributed by atoms with Crippen LogP contribution in [-0.2, 0) is 22.7 Å². The van der Waals surface area contributed by atoms with E-state index in [-0.39, 0.29) is 30.6 Å². The van der Waals surface area contributed by atoms with Crippen LogP contribution in [0, 0.1) is 5.92 Å². The summed E-state index contributed by atoms with van der Waals surface area (Å²) >= 11 is 0. The van der Waals surface area contributed by atoms with Gasteiger partial charge in [0.25, 0.3) is 5.91 Å². The van der Waals surface area contributed by atoms with Gasteiger partial charge in [-0.2, -0.15) is 5.10 Å². The van der Waals surface area contributed by atoms with Crippen LogP contribution in [0.5, 0.6) is 5.75 Å². The summed E-state index contributed by atoms with van der Waals surface area (Å²) in [5, 5.41) is 11.2. The molecule has 6 rings (SSSR count). The van der Waals surface area contributed by atoms with Gasteiger partial charge < -0.3 is 24.8 Å². The van der Waals surface area contributed by atoms with Gasteiger partial charge in [0.1, 0.15) is 17.6 Å². The lowest BCUT2D eigenvalue weighted by Gasteiger charge is -2.25. The number of rotatable bonds is 5. The number of fused-ring (bicyclic) bond motifs is 5. The Kier molecular flexibility index (Phi) is 10.1. The van der Waals surface area contributed by atoms with Gasteiger partial charge in [-0.15, -0.1) is 0 Å². The molecule has 1 aliphatic rings. The second-order valence-electron chi connectivity index (χ2n) is 12.3. The van der Waals surface area contributed by atoms with Gasteiger partial charge in [0.15, 0.2) is 11.3 Å². The molecule has 1 aliphatic heterocycles. The number of amides is 3. The number of carbonyl (C=O) groups is 3. The van der Waals surface area contributed by atoms with E-state index in [1.807, 2.05) is 85.3 Å². The first-order chi connectivity index (χ1) is 23.4. The van der Waals surface area contributed by atoms with E-state index in [0.29, 0.717) is 55.9 Å². The number of imidazole rings is 1. The third-order valence-corrected chi connectivity index (χ3v) is 8.17. The molecule has 48 heavy (non-hydrogen) atoms. The van der Waals surface area contributed by atoms with Gasteiger partial charge in [-0.25, -0.2) is 14.6 Å². The molecule has 0 aliphatic carbocycles. The molecule has 12 heteroatoms. The molecule has 2 bridgehead atoms. The zero-order valence-corrected chi connectivity index (χ0v) is 27.2. The van der Waals surface area contributed by atoms with Crippen LogP contribution in [0.1, 0.15) is 42.7 Å². The maximum atomic E-state index is 14.2. The van der Waals surface area contributed by atoms with Crippen molar-refractivity contribution in [1.82, 2.24) is 39.8 Å². The zero-order chi connectivity index (χ0) is 33.5. The summed E-state index contributed by atoms with van der Waals surface area (Å²) in [5.74, 6) is 0.469. The average molecular weight is 649 g/mol. The lowest BCUT2D eigenvalue weighted by atomic mass is 10.0. The highest BCUT2D eigenvalue weighted by molar-refractivity contribution is 6.05. The minimum Gasteiger partial charge on any atom is -0.494 e. The van der Waals surface area contributed by atoms with E-state index in [2.05, 4.69) is 20.6 Å². The van der Waals surface area contributed by atoms with Crippen LogP contribution < -0.4 is 15.4 Å². The quantitative estimate of drug-likeness (QED) is 0.295. The van der Waals surface area contributed by atoms with Crippen molar-refractivity contribution in [2.45, 2.75) is 45.8 Å². The Morgan fingerprint density at radius 3 is 2.69 bits per heavy atom. The largest absolute Gasteiger partial charge is 0.494 e. The molecule has 3 aromatic heterocycles. The predicted molar refractivity (Wildman–Crippen MR) is 181 cm³/mol. The maximum absolute atomic E-state index is 14.2. The van der Waals surface area contributed by atoms with Gasteiger partial charge in [0.2, 0.25) is 11.8 Å².